The molecular weight excluding hydrogens is 607 g/mol. The average Bonchev–Trinajstić information content (AvgIpc) is 3.90. The van der Waals surface area contributed by atoms with Crippen molar-refractivity contribution in [2.75, 3.05) is 0 Å². The minimum absolute atomic E-state index is 0.567. The van der Waals surface area contributed by atoms with Crippen molar-refractivity contribution in [1.82, 2.24) is 14.1 Å². The maximum Gasteiger partial charge on any atom is 0.307 e. The van der Waals surface area contributed by atoms with Gasteiger partial charge in [-0.1, -0.05) is 103 Å². The summed E-state index contributed by atoms with van der Waals surface area (Å²) >= 11 is 1.81. The molecule has 0 amide bonds. The third kappa shape index (κ3) is 3.51. The van der Waals surface area contributed by atoms with Gasteiger partial charge >= 0.3 is 6.01 Å². The molecule has 0 radical (unpaired) electrons. The Kier molecular flexibility index (Phi) is 5.23. The van der Waals surface area contributed by atoms with E-state index in [-0.39, 0.29) is 0 Å². The molecule has 0 aliphatic heterocycles. The average molecular weight is 632 g/mol. The Labute approximate surface area is 278 Å². The molecule has 7 aromatic carbocycles. The van der Waals surface area contributed by atoms with Gasteiger partial charge < -0.3 is 8.98 Å². The maximum absolute atomic E-state index is 6.98. The van der Waals surface area contributed by atoms with Crippen LogP contribution in [0.2, 0.25) is 0 Å². The summed E-state index contributed by atoms with van der Waals surface area (Å²) in [5.74, 6) is 0. The Morgan fingerprint density at radius 2 is 1.08 bits per heavy atom. The molecule has 11 aromatic rings. The number of aromatic nitrogens is 3. The Morgan fingerprint density at radius 1 is 0.479 bits per heavy atom. The highest BCUT2D eigenvalue weighted by Crippen LogP contribution is 2.45. The zero-order valence-corrected chi connectivity index (χ0v) is 26.4. The van der Waals surface area contributed by atoms with E-state index in [9.17, 15) is 0 Å². The molecule has 0 fully saturated rings. The molecule has 0 aliphatic rings. The summed E-state index contributed by atoms with van der Waals surface area (Å²) in [6.07, 6.45) is 0. The van der Waals surface area contributed by atoms with Crippen LogP contribution in [0.4, 0.5) is 0 Å². The van der Waals surface area contributed by atoms with Gasteiger partial charge in [0.1, 0.15) is 5.52 Å². The van der Waals surface area contributed by atoms with Crippen LogP contribution in [0.25, 0.3) is 97.7 Å². The third-order valence-corrected chi connectivity index (χ3v) is 10.9. The summed E-state index contributed by atoms with van der Waals surface area (Å²) < 4.78 is 14.0. The van der Waals surface area contributed by atoms with Gasteiger partial charge in [-0.2, -0.15) is 4.98 Å². The van der Waals surface area contributed by atoms with Gasteiger partial charge in [0.15, 0.2) is 5.58 Å². The van der Waals surface area contributed by atoms with Crippen LogP contribution in [-0.4, -0.2) is 14.1 Å². The van der Waals surface area contributed by atoms with Crippen LogP contribution >= 0.6 is 11.3 Å². The molecule has 0 N–H and O–H groups in total. The molecule has 4 nitrogen and oxygen atoms in total. The van der Waals surface area contributed by atoms with Crippen LogP contribution in [0, 0.1) is 0 Å². The van der Waals surface area contributed by atoms with Crippen molar-refractivity contribution < 1.29 is 4.42 Å². The monoisotopic (exact) mass is 631 g/mol. The largest absolute Gasteiger partial charge is 0.422 e. The van der Waals surface area contributed by atoms with E-state index < -0.39 is 0 Å². The van der Waals surface area contributed by atoms with Crippen molar-refractivity contribution in [2.45, 2.75) is 0 Å². The summed E-state index contributed by atoms with van der Waals surface area (Å²) in [5, 5.41) is 7.15. The zero-order valence-electron chi connectivity index (χ0n) is 25.6. The highest BCUT2D eigenvalue weighted by molar-refractivity contribution is 7.26. The fourth-order valence-electron chi connectivity index (χ4n) is 7.69. The Morgan fingerprint density at radius 3 is 1.83 bits per heavy atom. The normalized spacial score (nSPS) is 12.2. The van der Waals surface area contributed by atoms with Gasteiger partial charge in [-0.25, -0.2) is 0 Å². The molecule has 5 heteroatoms. The number of fused-ring (bicyclic) bond motifs is 11. The molecule has 4 aromatic heterocycles. The first-order valence-corrected chi connectivity index (χ1v) is 17.0. The number of benzene rings is 7. The van der Waals surface area contributed by atoms with E-state index in [1.54, 1.807) is 0 Å². The Hall–Kier alpha value is -6.17. The Bertz CT molecular complexity index is 3050. The number of oxazole rings is 1. The number of para-hydroxylation sites is 3. The number of hydrogen-bond donors (Lipinski definition) is 0. The van der Waals surface area contributed by atoms with E-state index in [1.807, 2.05) is 11.3 Å². The van der Waals surface area contributed by atoms with Crippen LogP contribution in [-0.2, 0) is 0 Å². The van der Waals surface area contributed by atoms with Crippen molar-refractivity contribution in [1.29, 1.82) is 0 Å². The van der Waals surface area contributed by atoms with Gasteiger partial charge in [-0.05, 0) is 54.1 Å². The van der Waals surface area contributed by atoms with E-state index in [2.05, 4.69) is 161 Å². The SMILES string of the molecule is c1ccc(-c2cc3sc4ccccc4c3c3nc(-n4c5ccccc5c5cc6c7ccccc7n(-c7ccccc7)c6cc54)oc23)cc1. The molecule has 0 spiro atoms. The van der Waals surface area contributed by atoms with Crippen LogP contribution < -0.4 is 0 Å². The van der Waals surface area contributed by atoms with Gasteiger partial charge in [-0.3, -0.25) is 4.57 Å². The van der Waals surface area contributed by atoms with Gasteiger partial charge in [0.2, 0.25) is 0 Å². The summed E-state index contributed by atoms with van der Waals surface area (Å²) in [7, 11) is 0. The molecule has 224 valence electrons. The highest BCUT2D eigenvalue weighted by Gasteiger charge is 2.23. The fourth-order valence-corrected chi connectivity index (χ4v) is 8.84. The molecule has 0 bridgehead atoms. The molecule has 4 heterocycles. The fraction of sp³-hybridized carbons (Fsp3) is 0. The van der Waals surface area contributed by atoms with Crippen LogP contribution in [0.3, 0.4) is 0 Å². The molecule has 0 saturated carbocycles. The van der Waals surface area contributed by atoms with Gasteiger partial charge in [0.25, 0.3) is 0 Å². The lowest BCUT2D eigenvalue weighted by atomic mass is 10.0. The van der Waals surface area contributed by atoms with E-state index in [0.29, 0.717) is 6.01 Å². The number of rotatable bonds is 3. The number of hydrogen-bond acceptors (Lipinski definition) is 3. The van der Waals surface area contributed by atoms with Crippen LogP contribution in [0.15, 0.2) is 156 Å². The molecular formula is C43H25N3OS. The predicted octanol–water partition coefficient (Wildman–Crippen LogP) is 12.1. The molecule has 0 aliphatic carbocycles. The third-order valence-electron chi connectivity index (χ3n) is 9.75. The lowest BCUT2D eigenvalue weighted by Gasteiger charge is -2.08. The van der Waals surface area contributed by atoms with Gasteiger partial charge in [0, 0.05) is 53.0 Å². The first-order chi connectivity index (χ1) is 23.8. The maximum atomic E-state index is 6.98. The standard InChI is InChI=1S/C43H25N3OS/c1-3-13-26(14-4-1)31-24-39-40(30-19-9-12-22-38(30)48-39)41-42(31)47-43(44-41)46-35-21-11-8-18-29(35)33-23-32-28-17-7-10-20-34(28)45(36(32)25-37(33)46)27-15-5-2-6-16-27/h1-25H. The number of thiophene rings is 1. The van der Waals surface area contributed by atoms with Crippen molar-refractivity contribution in [3.8, 4) is 22.8 Å². The zero-order chi connectivity index (χ0) is 31.3. The minimum atomic E-state index is 0.567. The van der Waals surface area contributed by atoms with Crippen molar-refractivity contribution in [2.24, 2.45) is 0 Å². The van der Waals surface area contributed by atoms with Crippen LogP contribution in [0.5, 0.6) is 0 Å². The first-order valence-electron chi connectivity index (χ1n) is 16.1. The second kappa shape index (κ2) is 9.67. The highest BCUT2D eigenvalue weighted by atomic mass is 32.1. The predicted molar refractivity (Wildman–Crippen MR) is 201 cm³/mol. The lowest BCUT2D eigenvalue weighted by molar-refractivity contribution is 0.575. The van der Waals surface area contributed by atoms with Crippen molar-refractivity contribution in [3.63, 3.8) is 0 Å². The lowest BCUT2D eigenvalue weighted by Crippen LogP contribution is -1.95. The van der Waals surface area contributed by atoms with Crippen LogP contribution in [0.1, 0.15) is 0 Å². The minimum Gasteiger partial charge on any atom is -0.422 e. The summed E-state index contributed by atoms with van der Waals surface area (Å²) in [4.78, 5) is 5.39. The summed E-state index contributed by atoms with van der Waals surface area (Å²) in [6.45, 7) is 0. The molecule has 0 unspecified atom stereocenters. The second-order valence-corrected chi connectivity index (χ2v) is 13.4. The van der Waals surface area contributed by atoms with Crippen molar-refractivity contribution in [3.05, 3.63) is 152 Å². The topological polar surface area (TPSA) is 35.9 Å². The summed E-state index contributed by atoms with van der Waals surface area (Å²) in [6, 6.07) is 54.5. The first kappa shape index (κ1) is 26.0. The second-order valence-electron chi connectivity index (χ2n) is 12.4. The summed E-state index contributed by atoms with van der Waals surface area (Å²) in [5.41, 5.74) is 9.44. The molecule has 48 heavy (non-hydrogen) atoms. The molecule has 11 rings (SSSR count). The van der Waals surface area contributed by atoms with E-state index >= 15 is 0 Å². The van der Waals surface area contributed by atoms with E-state index in [1.165, 1.54) is 41.8 Å². The van der Waals surface area contributed by atoms with E-state index in [0.717, 1.165) is 49.9 Å². The van der Waals surface area contributed by atoms with Gasteiger partial charge in [-0.15, -0.1) is 11.3 Å². The van der Waals surface area contributed by atoms with Gasteiger partial charge in [0.05, 0.1) is 22.1 Å². The Balaban J connectivity index is 1.29. The smallest absolute Gasteiger partial charge is 0.307 e. The number of nitrogens with zero attached hydrogens (tertiary/aromatic N) is 3. The van der Waals surface area contributed by atoms with Crippen molar-refractivity contribution >= 4 is 86.2 Å². The molecule has 0 saturated heterocycles. The quantitative estimate of drug-likeness (QED) is 0.194. The molecule has 0 atom stereocenters. The van der Waals surface area contributed by atoms with E-state index in [4.69, 9.17) is 9.40 Å².